The highest BCUT2D eigenvalue weighted by molar-refractivity contribution is 5.74. The van der Waals surface area contributed by atoms with Gasteiger partial charge in [0.15, 0.2) is 0 Å². The van der Waals surface area contributed by atoms with Gasteiger partial charge in [-0.1, -0.05) is 13.8 Å². The van der Waals surface area contributed by atoms with Gasteiger partial charge >= 0.3 is 0 Å². The average Bonchev–Trinajstić information content (AvgIpc) is 3.14. The maximum Gasteiger partial charge on any atom is 0.132 e. The maximum absolute atomic E-state index is 13.3. The number of hydrogen-bond donors (Lipinski definition) is 1. The predicted octanol–water partition coefficient (Wildman–Crippen LogP) is 4.04. The Morgan fingerprint density at radius 3 is 2.60 bits per heavy atom. The van der Waals surface area contributed by atoms with Crippen LogP contribution in [0.3, 0.4) is 0 Å². The zero-order chi connectivity index (χ0) is 14.4. The number of rotatable bonds is 3. The molecule has 0 spiro atoms. The number of nitrogens with zero attached hydrogens (tertiary/aromatic N) is 2. The number of hydrogen-bond acceptors (Lipinski definition) is 2. The van der Waals surface area contributed by atoms with Crippen LogP contribution in [0, 0.1) is 12.7 Å². The van der Waals surface area contributed by atoms with Gasteiger partial charge in [0.1, 0.15) is 23.2 Å². The van der Waals surface area contributed by atoms with E-state index < -0.39 is 0 Å². The van der Waals surface area contributed by atoms with Gasteiger partial charge in [-0.05, 0) is 43.5 Å². The van der Waals surface area contributed by atoms with Crippen LogP contribution in [0.15, 0.2) is 18.2 Å². The molecule has 106 valence electrons. The molecule has 1 heterocycles. The molecule has 1 aromatic carbocycles. The first kappa shape index (κ1) is 13.2. The van der Waals surface area contributed by atoms with Gasteiger partial charge in [-0.2, -0.15) is 0 Å². The number of benzene rings is 1. The monoisotopic (exact) mass is 273 g/mol. The lowest BCUT2D eigenvalue weighted by molar-refractivity contribution is 0.627. The van der Waals surface area contributed by atoms with Crippen molar-refractivity contribution in [3.05, 3.63) is 35.4 Å². The van der Waals surface area contributed by atoms with Crippen molar-refractivity contribution in [2.45, 2.75) is 45.6 Å². The highest BCUT2D eigenvalue weighted by Gasteiger charge is 2.31. The van der Waals surface area contributed by atoms with E-state index in [1.54, 1.807) is 6.07 Å². The normalized spacial score (nSPS) is 15.1. The number of nitrogen functional groups attached to an aromatic ring is 1. The topological polar surface area (TPSA) is 43.8 Å². The molecule has 1 saturated carbocycles. The number of aromatic nitrogens is 2. The molecule has 2 aromatic rings. The van der Waals surface area contributed by atoms with Gasteiger partial charge in [0.25, 0.3) is 0 Å². The SMILES string of the molecule is Cc1cc(F)ccc1-c1nc(C(C)C)n(C2CC2)c1N. The Hall–Kier alpha value is -1.84. The van der Waals surface area contributed by atoms with Crippen LogP contribution >= 0.6 is 0 Å². The van der Waals surface area contributed by atoms with Crippen LogP contribution in [-0.4, -0.2) is 9.55 Å². The second-order valence-corrected chi connectivity index (χ2v) is 5.92. The van der Waals surface area contributed by atoms with Crippen LogP contribution < -0.4 is 5.73 Å². The van der Waals surface area contributed by atoms with Gasteiger partial charge in [-0.25, -0.2) is 9.37 Å². The fraction of sp³-hybridized carbons (Fsp3) is 0.438. The summed E-state index contributed by atoms with van der Waals surface area (Å²) in [5.41, 5.74) is 8.91. The number of imidazole rings is 1. The van der Waals surface area contributed by atoms with Gasteiger partial charge in [0.05, 0.1) is 0 Å². The summed E-state index contributed by atoms with van der Waals surface area (Å²) < 4.78 is 15.4. The summed E-state index contributed by atoms with van der Waals surface area (Å²) in [5, 5.41) is 0. The van der Waals surface area contributed by atoms with Gasteiger partial charge in [-0.3, -0.25) is 0 Å². The third-order valence-electron chi connectivity index (χ3n) is 3.85. The van der Waals surface area contributed by atoms with Crippen molar-refractivity contribution in [3.8, 4) is 11.3 Å². The average molecular weight is 273 g/mol. The predicted molar refractivity (Wildman–Crippen MR) is 79.1 cm³/mol. The first-order valence-corrected chi connectivity index (χ1v) is 7.13. The minimum Gasteiger partial charge on any atom is -0.383 e. The lowest BCUT2D eigenvalue weighted by atomic mass is 10.1. The summed E-state index contributed by atoms with van der Waals surface area (Å²) in [4.78, 5) is 4.75. The van der Waals surface area contributed by atoms with Gasteiger partial charge in [0, 0.05) is 17.5 Å². The zero-order valence-electron chi connectivity index (χ0n) is 12.2. The summed E-state index contributed by atoms with van der Waals surface area (Å²) in [6.45, 7) is 6.15. The third kappa shape index (κ3) is 2.09. The first-order valence-electron chi connectivity index (χ1n) is 7.13. The Morgan fingerprint density at radius 1 is 1.35 bits per heavy atom. The van der Waals surface area contributed by atoms with Crippen molar-refractivity contribution in [1.82, 2.24) is 9.55 Å². The van der Waals surface area contributed by atoms with E-state index in [2.05, 4.69) is 18.4 Å². The molecule has 0 aliphatic heterocycles. The Labute approximate surface area is 118 Å². The van der Waals surface area contributed by atoms with E-state index >= 15 is 0 Å². The maximum atomic E-state index is 13.3. The molecule has 1 aromatic heterocycles. The van der Waals surface area contributed by atoms with Crippen molar-refractivity contribution < 1.29 is 4.39 Å². The molecule has 2 N–H and O–H groups in total. The highest BCUT2D eigenvalue weighted by Crippen LogP contribution is 2.42. The highest BCUT2D eigenvalue weighted by atomic mass is 19.1. The van der Waals surface area contributed by atoms with E-state index in [0.29, 0.717) is 17.8 Å². The summed E-state index contributed by atoms with van der Waals surface area (Å²) in [6, 6.07) is 5.26. The van der Waals surface area contributed by atoms with Crippen LogP contribution in [-0.2, 0) is 0 Å². The van der Waals surface area contributed by atoms with Crippen LogP contribution in [0.1, 0.15) is 50.0 Å². The standard InChI is InChI=1S/C16H20FN3/c1-9(2)16-19-14(15(18)20(16)12-5-6-12)13-7-4-11(17)8-10(13)3/h4,7-9,12H,5-6,18H2,1-3H3. The van der Waals surface area contributed by atoms with E-state index in [1.165, 1.54) is 25.0 Å². The van der Waals surface area contributed by atoms with E-state index in [4.69, 9.17) is 10.7 Å². The second-order valence-electron chi connectivity index (χ2n) is 5.92. The molecule has 1 aliphatic carbocycles. The molecule has 0 saturated heterocycles. The molecule has 1 fully saturated rings. The molecule has 20 heavy (non-hydrogen) atoms. The van der Waals surface area contributed by atoms with Crippen LogP contribution in [0.25, 0.3) is 11.3 Å². The quantitative estimate of drug-likeness (QED) is 0.917. The van der Waals surface area contributed by atoms with Crippen molar-refractivity contribution in [2.75, 3.05) is 5.73 Å². The fourth-order valence-corrected chi connectivity index (χ4v) is 2.68. The number of aryl methyl sites for hydroxylation is 1. The molecular formula is C16H20FN3. The Morgan fingerprint density at radius 2 is 2.05 bits per heavy atom. The summed E-state index contributed by atoms with van der Waals surface area (Å²) in [5.74, 6) is 1.84. The van der Waals surface area contributed by atoms with Crippen molar-refractivity contribution in [1.29, 1.82) is 0 Å². The van der Waals surface area contributed by atoms with Crippen LogP contribution in [0.5, 0.6) is 0 Å². The molecule has 1 aliphatic rings. The van der Waals surface area contributed by atoms with Crippen LogP contribution in [0.2, 0.25) is 0 Å². The smallest absolute Gasteiger partial charge is 0.132 e. The van der Waals surface area contributed by atoms with E-state index in [1.807, 2.05) is 6.92 Å². The Balaban J connectivity index is 2.16. The molecule has 0 radical (unpaired) electrons. The first-order chi connectivity index (χ1) is 9.49. The third-order valence-corrected chi connectivity index (χ3v) is 3.85. The minimum atomic E-state index is -0.226. The van der Waals surface area contributed by atoms with E-state index in [-0.39, 0.29) is 5.82 Å². The number of anilines is 1. The molecule has 0 amide bonds. The van der Waals surface area contributed by atoms with E-state index in [0.717, 1.165) is 22.6 Å². The molecule has 4 heteroatoms. The van der Waals surface area contributed by atoms with E-state index in [9.17, 15) is 4.39 Å². The molecule has 0 bridgehead atoms. The van der Waals surface area contributed by atoms with Crippen molar-refractivity contribution in [2.24, 2.45) is 0 Å². The molecule has 3 rings (SSSR count). The largest absolute Gasteiger partial charge is 0.383 e. The summed E-state index contributed by atoms with van der Waals surface area (Å²) >= 11 is 0. The Bertz CT molecular complexity index is 654. The summed E-state index contributed by atoms with van der Waals surface area (Å²) in [6.07, 6.45) is 2.34. The van der Waals surface area contributed by atoms with Crippen molar-refractivity contribution in [3.63, 3.8) is 0 Å². The van der Waals surface area contributed by atoms with Gasteiger partial charge in [-0.15, -0.1) is 0 Å². The second kappa shape index (κ2) is 4.62. The van der Waals surface area contributed by atoms with Gasteiger partial charge in [0.2, 0.25) is 0 Å². The minimum absolute atomic E-state index is 0.226. The zero-order valence-corrected chi connectivity index (χ0v) is 12.2. The van der Waals surface area contributed by atoms with Crippen molar-refractivity contribution >= 4 is 5.82 Å². The number of halogens is 1. The number of nitrogens with two attached hydrogens (primary N) is 1. The van der Waals surface area contributed by atoms with Gasteiger partial charge < -0.3 is 10.3 Å². The van der Waals surface area contributed by atoms with Crippen LogP contribution in [0.4, 0.5) is 10.2 Å². The summed E-state index contributed by atoms with van der Waals surface area (Å²) in [7, 11) is 0. The Kier molecular flexibility index (Phi) is 3.04. The molecular weight excluding hydrogens is 253 g/mol. The lowest BCUT2D eigenvalue weighted by Crippen LogP contribution is -2.06. The molecule has 0 atom stereocenters. The fourth-order valence-electron chi connectivity index (χ4n) is 2.68. The lowest BCUT2D eigenvalue weighted by Gasteiger charge is -2.10. The molecule has 3 nitrogen and oxygen atoms in total. The molecule has 0 unspecified atom stereocenters.